The molecule has 0 aliphatic carbocycles. The van der Waals surface area contributed by atoms with Crippen LogP contribution in [-0.4, -0.2) is 4.98 Å². The second-order valence-corrected chi connectivity index (χ2v) is 6.19. The van der Waals surface area contributed by atoms with Crippen LogP contribution in [0, 0.1) is 0 Å². The van der Waals surface area contributed by atoms with Crippen molar-refractivity contribution in [1.29, 1.82) is 0 Å². The SMILES string of the molecule is Brc1c(-c2ccccc2)nc2ccccc2c1Oc1ccccc1. The molecular formula is C21H14BrNO. The smallest absolute Gasteiger partial charge is 0.153 e. The van der Waals surface area contributed by atoms with Gasteiger partial charge < -0.3 is 4.74 Å². The van der Waals surface area contributed by atoms with E-state index >= 15 is 0 Å². The Morgan fingerprint density at radius 3 is 2.08 bits per heavy atom. The van der Waals surface area contributed by atoms with Crippen LogP contribution in [0.1, 0.15) is 0 Å². The summed E-state index contributed by atoms with van der Waals surface area (Å²) in [6.45, 7) is 0. The summed E-state index contributed by atoms with van der Waals surface area (Å²) < 4.78 is 7.06. The molecule has 0 atom stereocenters. The summed E-state index contributed by atoms with van der Waals surface area (Å²) in [4.78, 5) is 4.82. The Kier molecular flexibility index (Phi) is 4.01. The van der Waals surface area contributed by atoms with Crippen LogP contribution in [0.2, 0.25) is 0 Å². The van der Waals surface area contributed by atoms with Gasteiger partial charge in [0.2, 0.25) is 0 Å². The van der Waals surface area contributed by atoms with Gasteiger partial charge in [0.25, 0.3) is 0 Å². The Morgan fingerprint density at radius 2 is 1.33 bits per heavy atom. The van der Waals surface area contributed by atoms with E-state index in [1.807, 2.05) is 84.9 Å². The van der Waals surface area contributed by atoms with E-state index in [-0.39, 0.29) is 0 Å². The van der Waals surface area contributed by atoms with Crippen LogP contribution in [0.25, 0.3) is 22.2 Å². The molecule has 0 saturated carbocycles. The molecule has 0 aliphatic rings. The van der Waals surface area contributed by atoms with Crippen molar-refractivity contribution in [2.24, 2.45) is 0 Å². The van der Waals surface area contributed by atoms with Crippen molar-refractivity contribution in [3.8, 4) is 22.8 Å². The van der Waals surface area contributed by atoms with Gasteiger partial charge in [0.15, 0.2) is 5.75 Å². The summed E-state index contributed by atoms with van der Waals surface area (Å²) in [5.41, 5.74) is 2.83. The van der Waals surface area contributed by atoms with Gasteiger partial charge in [0.1, 0.15) is 5.75 Å². The maximum absolute atomic E-state index is 6.20. The number of benzene rings is 3. The maximum atomic E-state index is 6.20. The molecule has 0 fully saturated rings. The molecule has 1 heterocycles. The summed E-state index contributed by atoms with van der Waals surface area (Å²) in [7, 11) is 0. The predicted molar refractivity (Wildman–Crippen MR) is 101 cm³/mol. The number of para-hydroxylation sites is 2. The third kappa shape index (κ3) is 2.79. The molecule has 3 heteroatoms. The van der Waals surface area contributed by atoms with Crippen LogP contribution in [-0.2, 0) is 0 Å². The maximum Gasteiger partial charge on any atom is 0.153 e. The van der Waals surface area contributed by atoms with Gasteiger partial charge in [-0.1, -0.05) is 60.7 Å². The average molecular weight is 376 g/mol. The second kappa shape index (κ2) is 6.46. The summed E-state index contributed by atoms with van der Waals surface area (Å²) >= 11 is 3.71. The van der Waals surface area contributed by atoms with Gasteiger partial charge in [-0.3, -0.25) is 0 Å². The topological polar surface area (TPSA) is 22.1 Å². The van der Waals surface area contributed by atoms with Gasteiger partial charge >= 0.3 is 0 Å². The third-order valence-electron chi connectivity index (χ3n) is 3.80. The van der Waals surface area contributed by atoms with Crippen LogP contribution in [0.3, 0.4) is 0 Å². The number of nitrogens with zero attached hydrogens (tertiary/aromatic N) is 1. The molecular weight excluding hydrogens is 362 g/mol. The Balaban J connectivity index is 1.95. The highest BCUT2D eigenvalue weighted by Crippen LogP contribution is 2.41. The number of halogens is 1. The van der Waals surface area contributed by atoms with Gasteiger partial charge in [0, 0.05) is 10.9 Å². The van der Waals surface area contributed by atoms with E-state index in [1.165, 1.54) is 0 Å². The highest BCUT2D eigenvalue weighted by Gasteiger charge is 2.16. The number of ether oxygens (including phenoxy) is 1. The molecule has 3 aromatic carbocycles. The molecule has 0 N–H and O–H groups in total. The van der Waals surface area contributed by atoms with Crippen molar-refractivity contribution >= 4 is 26.8 Å². The molecule has 116 valence electrons. The first-order chi connectivity index (χ1) is 11.8. The summed E-state index contributed by atoms with van der Waals surface area (Å²) in [6.07, 6.45) is 0. The molecule has 0 amide bonds. The molecule has 24 heavy (non-hydrogen) atoms. The second-order valence-electron chi connectivity index (χ2n) is 5.40. The zero-order valence-corrected chi connectivity index (χ0v) is 14.4. The lowest BCUT2D eigenvalue weighted by Gasteiger charge is -2.14. The minimum Gasteiger partial charge on any atom is -0.455 e. The van der Waals surface area contributed by atoms with Crippen LogP contribution >= 0.6 is 15.9 Å². The largest absolute Gasteiger partial charge is 0.455 e. The van der Waals surface area contributed by atoms with Crippen LogP contribution in [0.4, 0.5) is 0 Å². The molecule has 0 saturated heterocycles. The zero-order valence-electron chi connectivity index (χ0n) is 12.8. The molecule has 0 unspecified atom stereocenters. The van der Waals surface area contributed by atoms with Gasteiger partial charge in [-0.05, 0) is 40.2 Å². The molecule has 4 aromatic rings. The predicted octanol–water partition coefficient (Wildman–Crippen LogP) is 6.46. The molecule has 2 nitrogen and oxygen atoms in total. The van der Waals surface area contributed by atoms with E-state index in [9.17, 15) is 0 Å². The Bertz CT molecular complexity index is 985. The minimum absolute atomic E-state index is 0.783. The Morgan fingerprint density at radius 1 is 0.708 bits per heavy atom. The van der Waals surface area contributed by atoms with Gasteiger partial charge in [-0.2, -0.15) is 0 Å². The summed E-state index contributed by atoms with van der Waals surface area (Å²) in [5.74, 6) is 1.58. The lowest BCUT2D eigenvalue weighted by atomic mass is 10.1. The Hall–Kier alpha value is -2.65. The molecule has 0 aliphatic heterocycles. The molecule has 0 spiro atoms. The quantitative estimate of drug-likeness (QED) is 0.410. The monoisotopic (exact) mass is 375 g/mol. The lowest BCUT2D eigenvalue weighted by molar-refractivity contribution is 0.485. The number of aromatic nitrogens is 1. The zero-order chi connectivity index (χ0) is 16.4. The normalized spacial score (nSPS) is 10.7. The summed E-state index contributed by atoms with van der Waals surface area (Å²) in [5, 5.41) is 0.980. The van der Waals surface area contributed by atoms with Gasteiger partial charge in [-0.25, -0.2) is 4.98 Å². The van der Waals surface area contributed by atoms with Crippen molar-refractivity contribution in [1.82, 2.24) is 4.98 Å². The van der Waals surface area contributed by atoms with E-state index in [4.69, 9.17) is 9.72 Å². The van der Waals surface area contributed by atoms with Crippen molar-refractivity contribution < 1.29 is 4.74 Å². The van der Waals surface area contributed by atoms with E-state index in [0.29, 0.717) is 0 Å². The molecule has 0 bridgehead atoms. The van der Waals surface area contributed by atoms with Crippen molar-refractivity contribution in [3.05, 3.63) is 89.4 Å². The highest BCUT2D eigenvalue weighted by atomic mass is 79.9. The lowest BCUT2D eigenvalue weighted by Crippen LogP contribution is -1.94. The summed E-state index contributed by atoms with van der Waals surface area (Å²) in [6, 6.07) is 27.9. The molecule has 1 aromatic heterocycles. The number of fused-ring (bicyclic) bond motifs is 1. The van der Waals surface area contributed by atoms with E-state index in [0.717, 1.165) is 38.1 Å². The van der Waals surface area contributed by atoms with Crippen LogP contribution in [0.5, 0.6) is 11.5 Å². The first-order valence-corrected chi connectivity index (χ1v) is 8.49. The van der Waals surface area contributed by atoms with Crippen LogP contribution < -0.4 is 4.74 Å². The standard InChI is InChI=1S/C21H14BrNO/c22-19-20(15-9-3-1-4-10-15)23-18-14-8-7-13-17(18)21(19)24-16-11-5-2-6-12-16/h1-14H. The number of hydrogen-bond donors (Lipinski definition) is 0. The van der Waals surface area contributed by atoms with Gasteiger partial charge in [0.05, 0.1) is 15.7 Å². The first-order valence-electron chi connectivity index (χ1n) is 7.69. The highest BCUT2D eigenvalue weighted by molar-refractivity contribution is 9.10. The Labute approximate surface area is 148 Å². The third-order valence-corrected chi connectivity index (χ3v) is 4.53. The average Bonchev–Trinajstić information content (AvgIpc) is 2.65. The fourth-order valence-electron chi connectivity index (χ4n) is 2.65. The van der Waals surface area contributed by atoms with Crippen molar-refractivity contribution in [2.75, 3.05) is 0 Å². The van der Waals surface area contributed by atoms with Crippen molar-refractivity contribution in [2.45, 2.75) is 0 Å². The number of pyridine rings is 1. The molecule has 0 radical (unpaired) electrons. The number of hydrogen-bond acceptors (Lipinski definition) is 2. The van der Waals surface area contributed by atoms with Crippen LogP contribution in [0.15, 0.2) is 89.4 Å². The first kappa shape index (κ1) is 14.9. The fourth-order valence-corrected chi connectivity index (χ4v) is 3.26. The van der Waals surface area contributed by atoms with E-state index in [2.05, 4.69) is 15.9 Å². The molecule has 4 rings (SSSR count). The van der Waals surface area contributed by atoms with E-state index < -0.39 is 0 Å². The van der Waals surface area contributed by atoms with Crippen molar-refractivity contribution in [3.63, 3.8) is 0 Å². The number of rotatable bonds is 3. The van der Waals surface area contributed by atoms with E-state index in [1.54, 1.807) is 0 Å². The fraction of sp³-hybridized carbons (Fsp3) is 0. The van der Waals surface area contributed by atoms with Gasteiger partial charge in [-0.15, -0.1) is 0 Å². The minimum atomic E-state index is 0.783.